The van der Waals surface area contributed by atoms with Crippen LogP contribution in [0.3, 0.4) is 0 Å². The molecule has 1 fully saturated rings. The highest BCUT2D eigenvalue weighted by Gasteiger charge is 2.23. The van der Waals surface area contributed by atoms with Crippen molar-refractivity contribution in [2.75, 3.05) is 31.2 Å². The van der Waals surface area contributed by atoms with Crippen LogP contribution in [0.2, 0.25) is 0 Å². The third-order valence-electron chi connectivity index (χ3n) is 3.73. The average Bonchev–Trinajstić information content (AvgIpc) is 2.93. The van der Waals surface area contributed by atoms with Gasteiger partial charge in [0.25, 0.3) is 0 Å². The molecule has 1 aliphatic rings. The van der Waals surface area contributed by atoms with Crippen LogP contribution >= 0.6 is 0 Å². The monoisotopic (exact) mass is 277 g/mol. The van der Waals surface area contributed by atoms with E-state index in [9.17, 15) is 4.79 Å². The summed E-state index contributed by atoms with van der Waals surface area (Å²) < 4.78 is 5.60. The van der Waals surface area contributed by atoms with E-state index in [-0.39, 0.29) is 18.1 Å². The Bertz CT molecular complexity index is 441. The smallest absolute Gasteiger partial charge is 0.241 e. The summed E-state index contributed by atoms with van der Waals surface area (Å²) in [6.07, 6.45) is 2.45. The highest BCUT2D eigenvalue weighted by Crippen LogP contribution is 2.15. The summed E-state index contributed by atoms with van der Waals surface area (Å²) in [5.41, 5.74) is 7.07. The summed E-state index contributed by atoms with van der Waals surface area (Å²) in [5.74, 6) is -0.0183. The van der Waals surface area contributed by atoms with Gasteiger partial charge in [-0.1, -0.05) is 0 Å². The lowest BCUT2D eigenvalue weighted by molar-refractivity contribution is -0.120. The first-order chi connectivity index (χ1) is 9.56. The number of carbonyl (C=O) groups excluding carboxylic acids is 1. The van der Waals surface area contributed by atoms with Gasteiger partial charge in [-0.3, -0.25) is 9.69 Å². The molecule has 1 aromatic rings. The molecule has 2 atom stereocenters. The maximum atomic E-state index is 12.2. The number of carbonyl (C=O) groups is 1. The number of likely N-dealkylation sites (N-methyl/N-ethyl adjacent to an activating group) is 1. The summed E-state index contributed by atoms with van der Waals surface area (Å²) in [5, 5.41) is 2.90. The Hall–Kier alpha value is -1.59. The number of benzene rings is 1. The van der Waals surface area contributed by atoms with E-state index in [4.69, 9.17) is 10.5 Å². The van der Waals surface area contributed by atoms with Gasteiger partial charge in [0, 0.05) is 24.5 Å². The number of nitrogens with zero attached hydrogens (tertiary/aromatic N) is 1. The Balaban J connectivity index is 1.85. The van der Waals surface area contributed by atoms with Gasteiger partial charge in [-0.2, -0.15) is 0 Å². The maximum absolute atomic E-state index is 12.2. The summed E-state index contributed by atoms with van der Waals surface area (Å²) in [7, 11) is 1.95. The van der Waals surface area contributed by atoms with Crippen molar-refractivity contribution in [2.24, 2.45) is 0 Å². The number of hydrogen-bond acceptors (Lipinski definition) is 4. The molecule has 0 aliphatic carbocycles. The number of amides is 1. The largest absolute Gasteiger partial charge is 0.399 e. The lowest BCUT2D eigenvalue weighted by Crippen LogP contribution is -2.43. The molecule has 1 amide bonds. The molecule has 0 spiro atoms. The Labute approximate surface area is 120 Å². The predicted octanol–water partition coefficient (Wildman–Crippen LogP) is 1.71. The molecule has 110 valence electrons. The van der Waals surface area contributed by atoms with E-state index in [1.165, 1.54) is 0 Å². The van der Waals surface area contributed by atoms with Crippen molar-refractivity contribution >= 4 is 17.3 Å². The van der Waals surface area contributed by atoms with Gasteiger partial charge >= 0.3 is 0 Å². The van der Waals surface area contributed by atoms with E-state index in [0.717, 1.165) is 31.7 Å². The van der Waals surface area contributed by atoms with Gasteiger partial charge < -0.3 is 15.8 Å². The minimum atomic E-state index is -0.197. The lowest BCUT2D eigenvalue weighted by atomic mass is 10.2. The lowest BCUT2D eigenvalue weighted by Gasteiger charge is -2.26. The van der Waals surface area contributed by atoms with Gasteiger partial charge in [0.1, 0.15) is 0 Å². The van der Waals surface area contributed by atoms with Crippen molar-refractivity contribution in [2.45, 2.75) is 31.9 Å². The van der Waals surface area contributed by atoms with E-state index in [0.29, 0.717) is 5.69 Å². The standard InChI is InChI=1S/C15H23N3O2/c1-11(18(2)10-14-4-3-9-20-14)15(19)17-13-7-5-12(16)6-8-13/h5-8,11,14H,3-4,9-10,16H2,1-2H3,(H,17,19). The van der Waals surface area contributed by atoms with Gasteiger partial charge in [0.05, 0.1) is 12.1 Å². The van der Waals surface area contributed by atoms with Crippen LogP contribution in [0.4, 0.5) is 11.4 Å². The van der Waals surface area contributed by atoms with Gasteiger partial charge in [0.15, 0.2) is 0 Å². The number of nitrogen functional groups attached to an aromatic ring is 1. The molecule has 1 aromatic carbocycles. The molecule has 2 unspecified atom stereocenters. The van der Waals surface area contributed by atoms with Crippen molar-refractivity contribution < 1.29 is 9.53 Å². The fraction of sp³-hybridized carbons (Fsp3) is 0.533. The van der Waals surface area contributed by atoms with Crippen LogP contribution in [0.5, 0.6) is 0 Å². The van der Waals surface area contributed by atoms with Crippen LogP contribution in [-0.2, 0) is 9.53 Å². The Morgan fingerprint density at radius 3 is 2.80 bits per heavy atom. The number of anilines is 2. The minimum absolute atomic E-state index is 0.0183. The second-order valence-corrected chi connectivity index (χ2v) is 5.36. The van der Waals surface area contributed by atoms with Gasteiger partial charge in [-0.15, -0.1) is 0 Å². The Morgan fingerprint density at radius 1 is 1.50 bits per heavy atom. The maximum Gasteiger partial charge on any atom is 0.241 e. The topological polar surface area (TPSA) is 67.6 Å². The molecule has 3 N–H and O–H groups in total. The number of rotatable bonds is 5. The zero-order valence-electron chi connectivity index (χ0n) is 12.1. The normalized spacial score (nSPS) is 20.1. The van der Waals surface area contributed by atoms with Crippen molar-refractivity contribution in [1.29, 1.82) is 0 Å². The van der Waals surface area contributed by atoms with Crippen LogP contribution in [0.25, 0.3) is 0 Å². The highest BCUT2D eigenvalue weighted by molar-refractivity contribution is 5.94. The summed E-state index contributed by atoms with van der Waals surface area (Å²) in [6, 6.07) is 6.96. The average molecular weight is 277 g/mol. The number of ether oxygens (including phenoxy) is 1. The van der Waals surface area contributed by atoms with Gasteiger partial charge in [-0.25, -0.2) is 0 Å². The van der Waals surface area contributed by atoms with Crippen molar-refractivity contribution in [3.8, 4) is 0 Å². The third-order valence-corrected chi connectivity index (χ3v) is 3.73. The SMILES string of the molecule is CC(C(=O)Nc1ccc(N)cc1)N(C)CC1CCCO1. The highest BCUT2D eigenvalue weighted by atomic mass is 16.5. The zero-order chi connectivity index (χ0) is 14.5. The number of nitrogens with one attached hydrogen (secondary N) is 1. The first-order valence-corrected chi connectivity index (χ1v) is 7.04. The van der Waals surface area contributed by atoms with E-state index < -0.39 is 0 Å². The fourth-order valence-electron chi connectivity index (χ4n) is 2.28. The third kappa shape index (κ3) is 3.95. The Kier molecular flexibility index (Phi) is 4.98. The van der Waals surface area contributed by atoms with E-state index in [2.05, 4.69) is 5.32 Å². The molecule has 2 rings (SSSR count). The second kappa shape index (κ2) is 6.72. The zero-order valence-corrected chi connectivity index (χ0v) is 12.1. The van der Waals surface area contributed by atoms with Crippen molar-refractivity contribution in [3.05, 3.63) is 24.3 Å². The van der Waals surface area contributed by atoms with Crippen LogP contribution in [-0.4, -0.2) is 43.2 Å². The quantitative estimate of drug-likeness (QED) is 0.804. The summed E-state index contributed by atoms with van der Waals surface area (Å²) >= 11 is 0. The van der Waals surface area contributed by atoms with E-state index in [1.54, 1.807) is 24.3 Å². The molecule has 0 radical (unpaired) electrons. The fourth-order valence-corrected chi connectivity index (χ4v) is 2.28. The van der Waals surface area contributed by atoms with Crippen LogP contribution in [0, 0.1) is 0 Å². The molecule has 5 nitrogen and oxygen atoms in total. The number of nitrogens with two attached hydrogens (primary N) is 1. The van der Waals surface area contributed by atoms with Gasteiger partial charge in [-0.05, 0) is 51.1 Å². The molecule has 1 aliphatic heterocycles. The summed E-state index contributed by atoms with van der Waals surface area (Å²) in [6.45, 7) is 3.53. The first kappa shape index (κ1) is 14.8. The predicted molar refractivity (Wildman–Crippen MR) is 80.6 cm³/mol. The molecule has 20 heavy (non-hydrogen) atoms. The van der Waals surface area contributed by atoms with E-state index >= 15 is 0 Å². The summed E-state index contributed by atoms with van der Waals surface area (Å²) in [4.78, 5) is 14.2. The second-order valence-electron chi connectivity index (χ2n) is 5.36. The molecular weight excluding hydrogens is 254 g/mol. The molecule has 0 bridgehead atoms. The molecule has 1 heterocycles. The van der Waals surface area contributed by atoms with Gasteiger partial charge in [0.2, 0.25) is 5.91 Å². The molecular formula is C15H23N3O2. The molecule has 0 aromatic heterocycles. The molecule has 0 saturated carbocycles. The first-order valence-electron chi connectivity index (χ1n) is 7.04. The molecule has 1 saturated heterocycles. The van der Waals surface area contributed by atoms with Crippen LogP contribution in [0.15, 0.2) is 24.3 Å². The number of hydrogen-bond donors (Lipinski definition) is 2. The minimum Gasteiger partial charge on any atom is -0.399 e. The Morgan fingerprint density at radius 2 is 2.20 bits per heavy atom. The van der Waals surface area contributed by atoms with Crippen molar-refractivity contribution in [1.82, 2.24) is 4.90 Å². The molecule has 5 heteroatoms. The van der Waals surface area contributed by atoms with Crippen LogP contribution in [0.1, 0.15) is 19.8 Å². The van der Waals surface area contributed by atoms with Crippen LogP contribution < -0.4 is 11.1 Å². The van der Waals surface area contributed by atoms with Crippen molar-refractivity contribution in [3.63, 3.8) is 0 Å². The van der Waals surface area contributed by atoms with E-state index in [1.807, 2.05) is 18.9 Å².